The summed E-state index contributed by atoms with van der Waals surface area (Å²) in [5.74, 6) is 0. The van der Waals surface area contributed by atoms with E-state index in [0.717, 1.165) is 16.3 Å². The first kappa shape index (κ1) is 8.38. The van der Waals surface area contributed by atoms with Crippen molar-refractivity contribution in [3.05, 3.63) is 34.0 Å². The molecule has 0 amide bonds. The van der Waals surface area contributed by atoms with Gasteiger partial charge in [0.25, 0.3) is 0 Å². The summed E-state index contributed by atoms with van der Waals surface area (Å²) in [4.78, 5) is 8.87. The Morgan fingerprint density at radius 3 is 2.69 bits per heavy atom. The van der Waals surface area contributed by atoms with Gasteiger partial charge >= 0.3 is 0 Å². The van der Waals surface area contributed by atoms with Crippen LogP contribution in [0.25, 0.3) is 0 Å². The molecule has 0 saturated carbocycles. The van der Waals surface area contributed by atoms with Gasteiger partial charge in [-0.15, -0.1) is 0 Å². The number of hydrogen-bond donors (Lipinski definition) is 1. The number of nitrogens with two attached hydrogens (primary N) is 1. The van der Waals surface area contributed by atoms with Crippen LogP contribution < -0.4 is 16.4 Å². The van der Waals surface area contributed by atoms with E-state index in [1.165, 1.54) is 5.56 Å². The van der Waals surface area contributed by atoms with Crippen molar-refractivity contribution in [1.29, 1.82) is 0 Å². The molecule has 1 aliphatic heterocycles. The molecule has 1 heterocycles. The van der Waals surface area contributed by atoms with Crippen LogP contribution in [-0.4, -0.2) is 6.17 Å². The number of benzene rings is 1. The molecule has 0 spiro atoms. The molecule has 2 N–H and O–H groups in total. The summed E-state index contributed by atoms with van der Waals surface area (Å²) in [5.41, 5.74) is 7.89. The predicted molar refractivity (Wildman–Crippen MR) is 50.8 cm³/mol. The van der Waals surface area contributed by atoms with Gasteiger partial charge in [-0.2, -0.15) is 0 Å². The number of aryl methyl sites for hydroxylation is 1. The maximum atomic E-state index is 5.62. The highest BCUT2D eigenvalue weighted by Gasteiger charge is 2.08. The highest BCUT2D eigenvalue weighted by atomic mass is 15.0. The molecule has 3 nitrogen and oxygen atoms in total. The fourth-order valence-electron chi connectivity index (χ4n) is 1.60. The van der Waals surface area contributed by atoms with E-state index < -0.39 is 0 Å². The molecule has 0 aliphatic carbocycles. The Morgan fingerprint density at radius 2 is 2.00 bits per heavy atom. The topological polar surface area (TPSA) is 50.7 Å². The van der Waals surface area contributed by atoms with Gasteiger partial charge in [-0.25, -0.2) is 0 Å². The van der Waals surface area contributed by atoms with Crippen molar-refractivity contribution in [2.24, 2.45) is 15.7 Å². The normalized spacial score (nSPS) is 19.2. The van der Waals surface area contributed by atoms with E-state index in [2.05, 4.69) is 23.0 Å². The minimum Gasteiger partial charge on any atom is -0.326 e. The van der Waals surface area contributed by atoms with Crippen LogP contribution in [0.3, 0.4) is 0 Å². The van der Waals surface area contributed by atoms with E-state index in [1.807, 2.05) is 13.0 Å². The van der Waals surface area contributed by atoms with Gasteiger partial charge in [0.15, 0.2) is 0 Å². The third-order valence-electron chi connectivity index (χ3n) is 2.29. The van der Waals surface area contributed by atoms with E-state index in [9.17, 15) is 0 Å². The number of hydrogen-bond acceptors (Lipinski definition) is 3. The third-order valence-corrected chi connectivity index (χ3v) is 2.29. The molecule has 0 bridgehead atoms. The maximum absolute atomic E-state index is 5.62. The molecular weight excluding hydrogens is 162 g/mol. The Hall–Kier alpha value is -1.22. The summed E-state index contributed by atoms with van der Waals surface area (Å²) in [6.45, 7) is 4.57. The standard InChI is InChI=1S/C10H13N3/c1-6-3-4-8(5-11)10-9(6)12-7(2)13-10/h3-4,7H,5,11H2,1-2H3. The second-order valence-corrected chi connectivity index (χ2v) is 3.33. The first-order chi connectivity index (χ1) is 6.22. The molecule has 3 heteroatoms. The highest BCUT2D eigenvalue weighted by molar-refractivity contribution is 5.22. The fraction of sp³-hybridized carbons (Fsp3) is 0.400. The van der Waals surface area contributed by atoms with E-state index in [1.54, 1.807) is 0 Å². The summed E-state index contributed by atoms with van der Waals surface area (Å²) in [6.07, 6.45) is 0.0569. The van der Waals surface area contributed by atoms with Crippen LogP contribution in [-0.2, 0) is 6.54 Å². The summed E-state index contributed by atoms with van der Waals surface area (Å²) >= 11 is 0. The van der Waals surface area contributed by atoms with Gasteiger partial charge < -0.3 is 5.73 Å². The molecule has 0 aromatic heterocycles. The van der Waals surface area contributed by atoms with Gasteiger partial charge in [0.1, 0.15) is 6.17 Å². The van der Waals surface area contributed by atoms with Crippen LogP contribution in [0.5, 0.6) is 0 Å². The molecule has 0 saturated heterocycles. The van der Waals surface area contributed by atoms with Gasteiger partial charge in [-0.3, -0.25) is 9.98 Å². The second kappa shape index (κ2) is 2.92. The predicted octanol–water partition coefficient (Wildman–Crippen LogP) is 0.0525. The van der Waals surface area contributed by atoms with Gasteiger partial charge in [-0.1, -0.05) is 12.1 Å². The second-order valence-electron chi connectivity index (χ2n) is 3.33. The van der Waals surface area contributed by atoms with Crippen LogP contribution >= 0.6 is 0 Å². The van der Waals surface area contributed by atoms with E-state index in [0.29, 0.717) is 6.54 Å². The summed E-state index contributed by atoms with van der Waals surface area (Å²) in [6, 6.07) is 4.09. The molecule has 1 aliphatic rings. The number of fused-ring (bicyclic) bond motifs is 1. The molecule has 1 atom stereocenters. The first-order valence-electron chi connectivity index (χ1n) is 4.46. The summed E-state index contributed by atoms with van der Waals surface area (Å²) < 4.78 is 0. The van der Waals surface area contributed by atoms with Crippen LogP contribution in [0.2, 0.25) is 0 Å². The lowest BCUT2D eigenvalue weighted by atomic mass is 10.1. The van der Waals surface area contributed by atoms with Crippen LogP contribution in [0.1, 0.15) is 18.1 Å². The smallest absolute Gasteiger partial charge is 0.138 e. The lowest BCUT2D eigenvalue weighted by Gasteiger charge is -1.96. The minimum absolute atomic E-state index is 0.0569. The van der Waals surface area contributed by atoms with E-state index in [-0.39, 0.29) is 6.17 Å². The molecule has 68 valence electrons. The van der Waals surface area contributed by atoms with Crippen molar-refractivity contribution >= 4 is 0 Å². The van der Waals surface area contributed by atoms with Crippen LogP contribution in [0.4, 0.5) is 0 Å². The monoisotopic (exact) mass is 175 g/mol. The van der Waals surface area contributed by atoms with E-state index in [4.69, 9.17) is 5.73 Å². The number of rotatable bonds is 1. The van der Waals surface area contributed by atoms with Crippen molar-refractivity contribution in [1.82, 2.24) is 0 Å². The van der Waals surface area contributed by atoms with Crippen molar-refractivity contribution in [3.8, 4) is 0 Å². The quantitative estimate of drug-likeness (QED) is 0.644. The Kier molecular flexibility index (Phi) is 1.88. The Balaban J connectivity index is 2.82. The van der Waals surface area contributed by atoms with Crippen molar-refractivity contribution in [2.75, 3.05) is 0 Å². The van der Waals surface area contributed by atoms with Crippen molar-refractivity contribution in [2.45, 2.75) is 26.6 Å². The third kappa shape index (κ3) is 1.25. The number of nitrogens with zero attached hydrogens (tertiary/aromatic N) is 2. The molecule has 0 radical (unpaired) electrons. The fourth-order valence-corrected chi connectivity index (χ4v) is 1.60. The highest BCUT2D eigenvalue weighted by Crippen LogP contribution is 1.98. The molecule has 2 rings (SSSR count). The molecular formula is C10H13N3. The van der Waals surface area contributed by atoms with Crippen molar-refractivity contribution < 1.29 is 0 Å². The Labute approximate surface area is 77.0 Å². The zero-order valence-electron chi connectivity index (χ0n) is 7.91. The lowest BCUT2D eigenvalue weighted by Crippen LogP contribution is -2.29. The Bertz CT molecular complexity index is 448. The molecule has 1 unspecified atom stereocenters. The zero-order chi connectivity index (χ0) is 9.42. The van der Waals surface area contributed by atoms with Crippen LogP contribution in [0, 0.1) is 6.92 Å². The first-order valence-corrected chi connectivity index (χ1v) is 4.46. The average Bonchev–Trinajstić information content (AvgIpc) is 2.48. The molecule has 1 aromatic rings. The van der Waals surface area contributed by atoms with Crippen LogP contribution in [0.15, 0.2) is 22.1 Å². The van der Waals surface area contributed by atoms with Crippen molar-refractivity contribution in [3.63, 3.8) is 0 Å². The molecule has 0 fully saturated rings. The lowest BCUT2D eigenvalue weighted by molar-refractivity contribution is 0.785. The van der Waals surface area contributed by atoms with Gasteiger partial charge in [0.2, 0.25) is 0 Å². The van der Waals surface area contributed by atoms with Gasteiger partial charge in [0.05, 0.1) is 10.7 Å². The zero-order valence-corrected chi connectivity index (χ0v) is 7.91. The SMILES string of the molecule is Cc1ccc(CN)c2c1=NC(C)N=2. The maximum Gasteiger partial charge on any atom is 0.138 e. The summed E-state index contributed by atoms with van der Waals surface area (Å²) in [5, 5.41) is 2.02. The largest absolute Gasteiger partial charge is 0.326 e. The Morgan fingerprint density at radius 1 is 1.31 bits per heavy atom. The summed E-state index contributed by atoms with van der Waals surface area (Å²) in [7, 11) is 0. The average molecular weight is 175 g/mol. The molecule has 1 aromatic carbocycles. The molecule has 13 heavy (non-hydrogen) atoms. The van der Waals surface area contributed by atoms with E-state index >= 15 is 0 Å². The van der Waals surface area contributed by atoms with Gasteiger partial charge in [-0.05, 0) is 25.0 Å². The minimum atomic E-state index is 0.0569. The van der Waals surface area contributed by atoms with Gasteiger partial charge in [0, 0.05) is 6.54 Å².